The molecule has 0 aliphatic carbocycles. The van der Waals surface area contributed by atoms with E-state index in [0.29, 0.717) is 0 Å². The van der Waals surface area contributed by atoms with Crippen molar-refractivity contribution in [3.63, 3.8) is 0 Å². The minimum Gasteiger partial charge on any atom is -0.336 e. The van der Waals surface area contributed by atoms with Gasteiger partial charge in [0.25, 0.3) is 5.91 Å². The Morgan fingerprint density at radius 2 is 1.74 bits per heavy atom. The van der Waals surface area contributed by atoms with E-state index in [1.54, 1.807) is 6.20 Å². The molecule has 0 radical (unpaired) electrons. The van der Waals surface area contributed by atoms with Gasteiger partial charge in [0.05, 0.1) is 17.1 Å². The first-order chi connectivity index (χ1) is 14.9. The number of piperazine rings is 1. The molecule has 1 saturated heterocycles. The van der Waals surface area contributed by atoms with Gasteiger partial charge in [0.2, 0.25) is 0 Å². The third kappa shape index (κ3) is 4.64. The Balaban J connectivity index is 1.48. The number of hydrogen-bond acceptors (Lipinski definition) is 4. The summed E-state index contributed by atoms with van der Waals surface area (Å²) < 4.78 is 1.92. The Kier molecular flexibility index (Phi) is 6.37. The Morgan fingerprint density at radius 1 is 1.03 bits per heavy atom. The van der Waals surface area contributed by atoms with Gasteiger partial charge < -0.3 is 4.90 Å². The zero-order chi connectivity index (χ0) is 22.0. The highest BCUT2D eigenvalue weighted by molar-refractivity contribution is 6.05. The van der Waals surface area contributed by atoms with Crippen LogP contribution in [0.2, 0.25) is 0 Å². The molecule has 4 rings (SSSR count). The fraction of sp³-hybridized carbons (Fsp3) is 0.480. The van der Waals surface area contributed by atoms with E-state index in [2.05, 4.69) is 68.0 Å². The highest BCUT2D eigenvalue weighted by atomic mass is 16.2. The number of rotatable bonds is 6. The molecule has 1 amide bonds. The largest absolute Gasteiger partial charge is 0.336 e. The molecule has 6 nitrogen and oxygen atoms in total. The molecule has 164 valence electrons. The Bertz CT molecular complexity index is 1030. The van der Waals surface area contributed by atoms with E-state index in [4.69, 9.17) is 4.98 Å². The summed E-state index contributed by atoms with van der Waals surface area (Å²) in [6.45, 7) is 12.8. The summed E-state index contributed by atoms with van der Waals surface area (Å²) in [5.41, 5.74) is 3.85. The van der Waals surface area contributed by atoms with Crippen molar-refractivity contribution in [2.45, 2.75) is 46.1 Å². The summed E-state index contributed by atoms with van der Waals surface area (Å²) >= 11 is 0. The maximum Gasteiger partial charge on any atom is 0.254 e. The van der Waals surface area contributed by atoms with Crippen LogP contribution in [0, 0.1) is 0 Å². The molecule has 2 aromatic heterocycles. The normalized spacial score (nSPS) is 15.4. The van der Waals surface area contributed by atoms with Gasteiger partial charge in [0.15, 0.2) is 5.65 Å². The molecule has 3 aromatic rings. The smallest absolute Gasteiger partial charge is 0.254 e. The van der Waals surface area contributed by atoms with E-state index in [1.807, 2.05) is 15.6 Å². The molecule has 1 aromatic carbocycles. The molecule has 0 saturated carbocycles. The van der Waals surface area contributed by atoms with E-state index >= 15 is 0 Å². The summed E-state index contributed by atoms with van der Waals surface area (Å²) in [5, 5.41) is 5.38. The number of pyridine rings is 1. The molecule has 1 fully saturated rings. The molecule has 0 bridgehead atoms. The summed E-state index contributed by atoms with van der Waals surface area (Å²) in [6.07, 6.45) is 2.85. The monoisotopic (exact) mass is 419 g/mol. The zero-order valence-electron chi connectivity index (χ0n) is 19.1. The Hall–Kier alpha value is -2.73. The van der Waals surface area contributed by atoms with Crippen LogP contribution >= 0.6 is 0 Å². The maximum absolute atomic E-state index is 13.5. The fourth-order valence-electron chi connectivity index (χ4n) is 4.16. The second kappa shape index (κ2) is 9.18. The molecule has 6 heteroatoms. The number of benzene rings is 1. The highest BCUT2D eigenvalue weighted by Crippen LogP contribution is 2.25. The Labute approximate surface area is 184 Å². The van der Waals surface area contributed by atoms with Crippen molar-refractivity contribution < 1.29 is 4.79 Å². The minimum absolute atomic E-state index is 0.0975. The Morgan fingerprint density at radius 3 is 2.39 bits per heavy atom. The van der Waals surface area contributed by atoms with Crippen LogP contribution in [0.5, 0.6) is 0 Å². The molecule has 1 aliphatic heterocycles. The van der Waals surface area contributed by atoms with Crippen molar-refractivity contribution in [2.75, 3.05) is 32.7 Å². The van der Waals surface area contributed by atoms with Gasteiger partial charge in [-0.15, -0.1) is 0 Å². The van der Waals surface area contributed by atoms with Crippen molar-refractivity contribution in [2.24, 2.45) is 0 Å². The lowest BCUT2D eigenvalue weighted by Gasteiger charge is -2.35. The van der Waals surface area contributed by atoms with Gasteiger partial charge in [-0.1, -0.05) is 44.2 Å². The van der Waals surface area contributed by atoms with Crippen molar-refractivity contribution >= 4 is 16.9 Å². The molecular formula is C25H33N5O. The number of nitrogens with zero attached hydrogens (tertiary/aromatic N) is 5. The van der Waals surface area contributed by atoms with Gasteiger partial charge in [-0.05, 0) is 37.8 Å². The molecule has 0 unspecified atom stereocenters. The first-order valence-electron chi connectivity index (χ1n) is 11.4. The van der Waals surface area contributed by atoms with Crippen molar-refractivity contribution in [1.82, 2.24) is 24.6 Å². The summed E-state index contributed by atoms with van der Waals surface area (Å²) in [7, 11) is 0. The zero-order valence-corrected chi connectivity index (χ0v) is 19.1. The number of hydrogen-bond donors (Lipinski definition) is 0. The van der Waals surface area contributed by atoms with Crippen LogP contribution < -0.4 is 0 Å². The molecule has 31 heavy (non-hydrogen) atoms. The van der Waals surface area contributed by atoms with Crippen LogP contribution in [-0.4, -0.2) is 63.2 Å². The lowest BCUT2D eigenvalue weighted by Crippen LogP contribution is -2.49. The first kappa shape index (κ1) is 21.5. The van der Waals surface area contributed by atoms with Gasteiger partial charge >= 0.3 is 0 Å². The van der Waals surface area contributed by atoms with Gasteiger partial charge in [-0.25, -0.2) is 9.67 Å². The van der Waals surface area contributed by atoms with Crippen LogP contribution in [-0.2, 0) is 6.42 Å². The van der Waals surface area contributed by atoms with Gasteiger partial charge in [-0.3, -0.25) is 9.69 Å². The predicted octanol–water partition coefficient (Wildman–Crippen LogP) is 4.14. The summed E-state index contributed by atoms with van der Waals surface area (Å²) in [6, 6.07) is 12.8. The SMILES string of the molecule is CC(C)c1cc(C(=O)N2CCN(CCc3ccccc3)CC2)c2cnn(C(C)C)c2n1. The summed E-state index contributed by atoms with van der Waals surface area (Å²) in [4.78, 5) is 22.8. The second-order valence-corrected chi connectivity index (χ2v) is 9.04. The first-order valence-corrected chi connectivity index (χ1v) is 11.4. The lowest BCUT2D eigenvalue weighted by molar-refractivity contribution is 0.0640. The minimum atomic E-state index is 0.0975. The third-order valence-electron chi connectivity index (χ3n) is 6.12. The van der Waals surface area contributed by atoms with Crippen molar-refractivity contribution in [3.05, 3.63) is 59.4 Å². The van der Waals surface area contributed by atoms with Gasteiger partial charge in [0.1, 0.15) is 0 Å². The fourth-order valence-corrected chi connectivity index (χ4v) is 4.16. The van der Waals surface area contributed by atoms with E-state index in [1.165, 1.54) is 5.56 Å². The molecule has 0 N–H and O–H groups in total. The number of aromatic nitrogens is 3. The van der Waals surface area contributed by atoms with E-state index < -0.39 is 0 Å². The van der Waals surface area contributed by atoms with E-state index in [0.717, 1.165) is 61.4 Å². The average Bonchev–Trinajstić information content (AvgIpc) is 3.22. The molecule has 0 atom stereocenters. The van der Waals surface area contributed by atoms with Crippen LogP contribution in [0.25, 0.3) is 11.0 Å². The van der Waals surface area contributed by atoms with Crippen molar-refractivity contribution in [3.8, 4) is 0 Å². The van der Waals surface area contributed by atoms with E-state index in [9.17, 15) is 4.79 Å². The average molecular weight is 420 g/mol. The number of carbonyl (C=O) groups is 1. The van der Waals surface area contributed by atoms with Crippen LogP contribution in [0.15, 0.2) is 42.6 Å². The van der Waals surface area contributed by atoms with Crippen molar-refractivity contribution in [1.29, 1.82) is 0 Å². The van der Waals surface area contributed by atoms with Crippen LogP contribution in [0.1, 0.15) is 61.3 Å². The predicted molar refractivity (Wildman–Crippen MR) is 124 cm³/mol. The van der Waals surface area contributed by atoms with Gasteiger partial charge in [-0.2, -0.15) is 5.10 Å². The van der Waals surface area contributed by atoms with Crippen LogP contribution in [0.4, 0.5) is 0 Å². The topological polar surface area (TPSA) is 54.3 Å². The second-order valence-electron chi connectivity index (χ2n) is 9.04. The number of fused-ring (bicyclic) bond motifs is 1. The number of amides is 1. The van der Waals surface area contributed by atoms with Gasteiger partial charge in [0, 0.05) is 44.5 Å². The third-order valence-corrected chi connectivity index (χ3v) is 6.12. The van der Waals surface area contributed by atoms with Crippen LogP contribution in [0.3, 0.4) is 0 Å². The highest BCUT2D eigenvalue weighted by Gasteiger charge is 2.26. The number of carbonyl (C=O) groups excluding carboxylic acids is 1. The maximum atomic E-state index is 13.5. The van der Waals surface area contributed by atoms with E-state index in [-0.39, 0.29) is 17.9 Å². The molecule has 0 spiro atoms. The quantitative estimate of drug-likeness (QED) is 0.603. The summed E-state index contributed by atoms with van der Waals surface area (Å²) in [5.74, 6) is 0.349. The molecule has 3 heterocycles. The standard InChI is InChI=1S/C25H33N5O/c1-18(2)23-16-21(22-17-26-30(19(3)4)24(22)27-23)25(31)29-14-12-28(13-15-29)11-10-20-8-6-5-7-9-20/h5-9,16-19H,10-15H2,1-4H3. The molecule has 1 aliphatic rings. The molecular weight excluding hydrogens is 386 g/mol. The lowest BCUT2D eigenvalue weighted by atomic mass is 10.0.